The van der Waals surface area contributed by atoms with Gasteiger partial charge in [-0.3, -0.25) is 9.59 Å². The number of ether oxygens (including phenoxy) is 1. The van der Waals surface area contributed by atoms with Crippen LogP contribution < -0.4 is 10.6 Å². The molecule has 0 bridgehead atoms. The normalized spacial score (nSPS) is 19.3. The molecule has 2 fully saturated rings. The average Bonchev–Trinajstić information content (AvgIpc) is 2.73. The number of amides is 2. The molecule has 6 nitrogen and oxygen atoms in total. The molecule has 0 aromatic heterocycles. The summed E-state index contributed by atoms with van der Waals surface area (Å²) in [5, 5.41) is 6.13. The smallest absolute Gasteiger partial charge is 0.247 e. The standard InChI is InChI=1S/C22H33N3O3/c1-22(2,24-20(26)18-10-14-28-15-11-18)21(27)25-12-8-17(9-13-25)16-4-6-19(23-3)7-5-16/h4-7,17-18,23H,8-15H2,1-3H3,(H,24,26). The summed E-state index contributed by atoms with van der Waals surface area (Å²) in [7, 11) is 1.92. The van der Waals surface area contributed by atoms with E-state index in [0.717, 1.165) is 44.5 Å². The van der Waals surface area contributed by atoms with Crippen LogP contribution in [0.1, 0.15) is 51.0 Å². The largest absolute Gasteiger partial charge is 0.388 e. The lowest BCUT2D eigenvalue weighted by Crippen LogP contribution is -2.58. The van der Waals surface area contributed by atoms with Gasteiger partial charge in [0.1, 0.15) is 5.54 Å². The van der Waals surface area contributed by atoms with Crippen LogP contribution in [0.5, 0.6) is 0 Å². The Labute approximate surface area is 168 Å². The molecule has 1 aromatic rings. The maximum absolute atomic E-state index is 13.0. The summed E-state index contributed by atoms with van der Waals surface area (Å²) in [6.45, 7) is 6.33. The quantitative estimate of drug-likeness (QED) is 0.815. The van der Waals surface area contributed by atoms with E-state index in [-0.39, 0.29) is 17.7 Å². The zero-order valence-electron chi connectivity index (χ0n) is 17.3. The molecule has 0 atom stereocenters. The second-order valence-electron chi connectivity index (χ2n) is 8.44. The molecule has 2 N–H and O–H groups in total. The highest BCUT2D eigenvalue weighted by Gasteiger charge is 2.37. The van der Waals surface area contributed by atoms with E-state index in [1.54, 1.807) is 0 Å². The number of nitrogens with one attached hydrogen (secondary N) is 2. The van der Waals surface area contributed by atoms with Crippen LogP contribution in [0.3, 0.4) is 0 Å². The minimum Gasteiger partial charge on any atom is -0.388 e. The minimum absolute atomic E-state index is 0.0110. The molecule has 1 aromatic carbocycles. The summed E-state index contributed by atoms with van der Waals surface area (Å²) in [4.78, 5) is 27.5. The Morgan fingerprint density at radius 1 is 1.04 bits per heavy atom. The van der Waals surface area contributed by atoms with E-state index in [2.05, 4.69) is 34.9 Å². The van der Waals surface area contributed by atoms with Gasteiger partial charge in [0.05, 0.1) is 0 Å². The van der Waals surface area contributed by atoms with Crippen molar-refractivity contribution >= 4 is 17.5 Å². The number of piperidine rings is 1. The van der Waals surface area contributed by atoms with Crippen molar-refractivity contribution in [3.05, 3.63) is 29.8 Å². The van der Waals surface area contributed by atoms with Crippen LogP contribution in [0.25, 0.3) is 0 Å². The number of carbonyl (C=O) groups is 2. The number of nitrogens with zero attached hydrogens (tertiary/aromatic N) is 1. The molecule has 154 valence electrons. The average molecular weight is 388 g/mol. The lowest BCUT2D eigenvalue weighted by molar-refractivity contribution is -0.143. The molecule has 2 amide bonds. The Hall–Kier alpha value is -2.08. The summed E-state index contributed by atoms with van der Waals surface area (Å²) in [5.74, 6) is 0.417. The molecule has 0 saturated carbocycles. The van der Waals surface area contributed by atoms with E-state index < -0.39 is 5.54 Å². The van der Waals surface area contributed by atoms with Gasteiger partial charge in [-0.05, 0) is 63.1 Å². The molecule has 2 aliphatic rings. The minimum atomic E-state index is -0.878. The van der Waals surface area contributed by atoms with Gasteiger partial charge in [0.25, 0.3) is 0 Å². The Morgan fingerprint density at radius 3 is 2.21 bits per heavy atom. The van der Waals surface area contributed by atoms with E-state index in [9.17, 15) is 9.59 Å². The number of hydrogen-bond acceptors (Lipinski definition) is 4. The lowest BCUT2D eigenvalue weighted by atomic mass is 9.88. The monoisotopic (exact) mass is 387 g/mol. The van der Waals surface area contributed by atoms with Crippen LogP contribution in [0.2, 0.25) is 0 Å². The number of carbonyl (C=O) groups excluding carboxylic acids is 2. The summed E-state index contributed by atoms with van der Waals surface area (Å²) in [5.41, 5.74) is 1.56. The van der Waals surface area contributed by atoms with Gasteiger partial charge >= 0.3 is 0 Å². The second-order valence-corrected chi connectivity index (χ2v) is 8.44. The van der Waals surface area contributed by atoms with Crippen molar-refractivity contribution in [1.29, 1.82) is 0 Å². The van der Waals surface area contributed by atoms with Crippen molar-refractivity contribution in [2.24, 2.45) is 5.92 Å². The molecule has 2 heterocycles. The number of rotatable bonds is 5. The third-order valence-electron chi connectivity index (χ3n) is 6.02. The fourth-order valence-electron chi connectivity index (χ4n) is 4.16. The number of anilines is 1. The predicted octanol–water partition coefficient (Wildman–Crippen LogP) is 2.76. The number of benzene rings is 1. The molecule has 6 heteroatoms. The molecule has 0 unspecified atom stereocenters. The Balaban J connectivity index is 1.53. The summed E-state index contributed by atoms with van der Waals surface area (Å²) < 4.78 is 5.32. The molecule has 2 aliphatic heterocycles. The first-order valence-electron chi connectivity index (χ1n) is 10.4. The third-order valence-corrected chi connectivity index (χ3v) is 6.02. The topological polar surface area (TPSA) is 70.7 Å². The van der Waals surface area contributed by atoms with Gasteiger partial charge in [-0.2, -0.15) is 0 Å². The van der Waals surface area contributed by atoms with E-state index in [0.29, 0.717) is 19.1 Å². The van der Waals surface area contributed by atoms with Gasteiger partial charge in [0, 0.05) is 45.0 Å². The van der Waals surface area contributed by atoms with Crippen LogP contribution in [-0.4, -0.2) is 55.6 Å². The maximum atomic E-state index is 13.0. The van der Waals surface area contributed by atoms with Crippen molar-refractivity contribution in [2.45, 2.75) is 51.0 Å². The van der Waals surface area contributed by atoms with Crippen LogP contribution >= 0.6 is 0 Å². The van der Waals surface area contributed by atoms with Crippen molar-refractivity contribution in [3.63, 3.8) is 0 Å². The first kappa shape index (κ1) is 20.6. The van der Waals surface area contributed by atoms with Gasteiger partial charge in [-0.25, -0.2) is 0 Å². The summed E-state index contributed by atoms with van der Waals surface area (Å²) in [6.07, 6.45) is 3.37. The second kappa shape index (κ2) is 8.95. The molecule has 3 rings (SSSR count). The van der Waals surface area contributed by atoms with Crippen molar-refractivity contribution in [2.75, 3.05) is 38.7 Å². The van der Waals surface area contributed by atoms with E-state index >= 15 is 0 Å². The van der Waals surface area contributed by atoms with Crippen molar-refractivity contribution in [1.82, 2.24) is 10.2 Å². The fraction of sp³-hybridized carbons (Fsp3) is 0.636. The zero-order chi connectivity index (χ0) is 20.1. The molecule has 0 spiro atoms. The highest BCUT2D eigenvalue weighted by atomic mass is 16.5. The van der Waals surface area contributed by atoms with Gasteiger partial charge in [-0.15, -0.1) is 0 Å². The van der Waals surface area contributed by atoms with Gasteiger partial charge in [0.15, 0.2) is 0 Å². The van der Waals surface area contributed by atoms with Crippen LogP contribution in [0, 0.1) is 5.92 Å². The number of hydrogen-bond donors (Lipinski definition) is 2. The molecule has 28 heavy (non-hydrogen) atoms. The predicted molar refractivity (Wildman–Crippen MR) is 110 cm³/mol. The first-order chi connectivity index (χ1) is 13.4. The van der Waals surface area contributed by atoms with Crippen LogP contribution in [0.15, 0.2) is 24.3 Å². The molecular formula is C22H33N3O3. The Morgan fingerprint density at radius 2 is 1.64 bits per heavy atom. The molecule has 2 saturated heterocycles. The van der Waals surface area contributed by atoms with Crippen molar-refractivity contribution < 1.29 is 14.3 Å². The Kier molecular flexibility index (Phi) is 6.60. The third kappa shape index (κ3) is 4.85. The van der Waals surface area contributed by atoms with Crippen LogP contribution in [0.4, 0.5) is 5.69 Å². The van der Waals surface area contributed by atoms with E-state index in [1.165, 1.54) is 5.56 Å². The van der Waals surface area contributed by atoms with Gasteiger partial charge in [0.2, 0.25) is 11.8 Å². The lowest BCUT2D eigenvalue weighted by Gasteiger charge is -2.38. The molecule has 0 radical (unpaired) electrons. The van der Waals surface area contributed by atoms with Gasteiger partial charge in [-0.1, -0.05) is 12.1 Å². The van der Waals surface area contributed by atoms with Crippen LogP contribution in [-0.2, 0) is 14.3 Å². The highest BCUT2D eigenvalue weighted by Crippen LogP contribution is 2.30. The molecule has 0 aliphatic carbocycles. The first-order valence-corrected chi connectivity index (χ1v) is 10.4. The molecular weight excluding hydrogens is 354 g/mol. The Bertz CT molecular complexity index is 673. The maximum Gasteiger partial charge on any atom is 0.247 e. The zero-order valence-corrected chi connectivity index (χ0v) is 17.3. The van der Waals surface area contributed by atoms with E-state index in [1.807, 2.05) is 25.8 Å². The highest BCUT2D eigenvalue weighted by molar-refractivity contribution is 5.91. The fourth-order valence-corrected chi connectivity index (χ4v) is 4.16. The summed E-state index contributed by atoms with van der Waals surface area (Å²) in [6, 6.07) is 8.54. The SMILES string of the molecule is CNc1ccc(C2CCN(C(=O)C(C)(C)NC(=O)C3CCOCC3)CC2)cc1. The van der Waals surface area contributed by atoms with E-state index in [4.69, 9.17) is 4.74 Å². The van der Waals surface area contributed by atoms with Crippen molar-refractivity contribution in [3.8, 4) is 0 Å². The summed E-state index contributed by atoms with van der Waals surface area (Å²) >= 11 is 0. The van der Waals surface area contributed by atoms with Gasteiger partial charge < -0.3 is 20.3 Å². The number of likely N-dealkylation sites (tertiary alicyclic amines) is 1.